The van der Waals surface area contributed by atoms with Crippen molar-refractivity contribution in [2.24, 2.45) is 0 Å². The van der Waals surface area contributed by atoms with Crippen LogP contribution in [-0.2, 0) is 11.3 Å². The van der Waals surface area contributed by atoms with Crippen LogP contribution in [0.3, 0.4) is 0 Å². The summed E-state index contributed by atoms with van der Waals surface area (Å²) < 4.78 is 16.6. The van der Waals surface area contributed by atoms with E-state index < -0.39 is 23.5 Å². The second-order valence-corrected chi connectivity index (χ2v) is 8.72. The molecule has 5 rings (SSSR count). The number of methoxy groups -OCH3 is 2. The number of amides is 1. The highest BCUT2D eigenvalue weighted by Gasteiger charge is 2.45. The average Bonchev–Trinajstić information content (AvgIpc) is 3.59. The van der Waals surface area contributed by atoms with Crippen LogP contribution < -0.4 is 9.47 Å². The van der Waals surface area contributed by atoms with Gasteiger partial charge in [0.1, 0.15) is 11.8 Å². The third kappa shape index (κ3) is 3.52. The number of thiophene rings is 1. The first-order chi connectivity index (χ1) is 16.5. The Kier molecular flexibility index (Phi) is 5.59. The van der Waals surface area contributed by atoms with Gasteiger partial charge < -0.3 is 23.9 Å². The van der Waals surface area contributed by atoms with Gasteiger partial charge >= 0.3 is 0 Å². The van der Waals surface area contributed by atoms with Crippen LogP contribution in [0.25, 0.3) is 11.0 Å². The van der Waals surface area contributed by atoms with Gasteiger partial charge in [-0.15, -0.1) is 11.3 Å². The molecule has 1 atom stereocenters. The molecule has 1 aliphatic heterocycles. The first-order valence-electron chi connectivity index (χ1n) is 10.5. The maximum atomic E-state index is 13.6. The van der Waals surface area contributed by atoms with Crippen molar-refractivity contribution in [2.45, 2.75) is 12.6 Å². The normalized spacial score (nSPS) is 15.9. The summed E-state index contributed by atoms with van der Waals surface area (Å²) >= 11 is 1.40. The molecule has 172 valence electrons. The molecular weight excluding hydrogens is 454 g/mol. The van der Waals surface area contributed by atoms with E-state index >= 15 is 0 Å². The molecular formula is C26H21NO6S. The number of ether oxygens (including phenoxy) is 2. The number of nitrogens with zero attached hydrogens (tertiary/aromatic N) is 1. The van der Waals surface area contributed by atoms with Crippen LogP contribution in [-0.4, -0.2) is 35.9 Å². The zero-order valence-corrected chi connectivity index (χ0v) is 19.3. The molecule has 4 aromatic rings. The van der Waals surface area contributed by atoms with Gasteiger partial charge in [-0.05, 0) is 29.6 Å². The summed E-state index contributed by atoms with van der Waals surface area (Å²) in [6.07, 6.45) is 0. The number of carbonyl (C=O) groups excluding carboxylic acids is 2. The van der Waals surface area contributed by atoms with Crippen LogP contribution in [0.4, 0.5) is 0 Å². The van der Waals surface area contributed by atoms with Gasteiger partial charge in [-0.1, -0.05) is 36.4 Å². The van der Waals surface area contributed by atoms with Crippen molar-refractivity contribution >= 4 is 34.0 Å². The zero-order chi connectivity index (χ0) is 23.8. The molecule has 1 N–H and O–H groups in total. The van der Waals surface area contributed by atoms with Crippen molar-refractivity contribution in [3.63, 3.8) is 0 Å². The molecule has 1 unspecified atom stereocenters. The fourth-order valence-corrected chi connectivity index (χ4v) is 5.10. The van der Waals surface area contributed by atoms with Gasteiger partial charge in [0.15, 0.2) is 22.9 Å². The van der Waals surface area contributed by atoms with Crippen LogP contribution in [0.1, 0.15) is 27.0 Å². The van der Waals surface area contributed by atoms with E-state index in [0.717, 1.165) is 10.4 Å². The Balaban J connectivity index is 1.58. The Morgan fingerprint density at radius 2 is 1.82 bits per heavy atom. The van der Waals surface area contributed by atoms with Crippen LogP contribution in [0.2, 0.25) is 0 Å². The van der Waals surface area contributed by atoms with E-state index in [4.69, 9.17) is 13.9 Å². The highest BCUT2D eigenvalue weighted by atomic mass is 32.1. The van der Waals surface area contributed by atoms with E-state index in [2.05, 4.69) is 0 Å². The summed E-state index contributed by atoms with van der Waals surface area (Å²) in [5.74, 6) is -0.625. The second kappa shape index (κ2) is 8.72. The fourth-order valence-electron chi connectivity index (χ4n) is 4.25. The van der Waals surface area contributed by atoms with E-state index in [0.29, 0.717) is 22.5 Å². The van der Waals surface area contributed by atoms with E-state index in [1.165, 1.54) is 23.3 Å². The Hall–Kier alpha value is -4.04. The molecule has 0 aliphatic carbocycles. The lowest BCUT2D eigenvalue weighted by atomic mass is 10.00. The summed E-state index contributed by atoms with van der Waals surface area (Å²) in [5.41, 5.74) is 1.17. The van der Waals surface area contributed by atoms with Crippen LogP contribution in [0, 0.1) is 0 Å². The molecule has 1 aliphatic rings. The quantitative estimate of drug-likeness (QED) is 0.365. The number of aliphatic hydroxyl groups is 1. The molecule has 0 spiro atoms. The maximum Gasteiger partial charge on any atom is 0.290 e. The third-order valence-electron chi connectivity index (χ3n) is 5.85. The number of furan rings is 1. The van der Waals surface area contributed by atoms with Gasteiger partial charge in [-0.25, -0.2) is 0 Å². The van der Waals surface area contributed by atoms with Gasteiger partial charge in [-0.3, -0.25) is 9.59 Å². The number of aliphatic hydroxyl groups excluding tert-OH is 1. The predicted molar refractivity (Wildman–Crippen MR) is 127 cm³/mol. The third-order valence-corrected chi connectivity index (χ3v) is 6.77. The summed E-state index contributed by atoms with van der Waals surface area (Å²) in [5, 5.41) is 13.4. The SMILES string of the molecule is COc1ccccc1CN1C(=O)C(O)=C(C(=O)c2cc3cccc(OC)c3o2)C1c1cccs1. The lowest BCUT2D eigenvalue weighted by molar-refractivity contribution is -0.130. The van der Waals surface area contributed by atoms with Crippen molar-refractivity contribution in [2.75, 3.05) is 14.2 Å². The number of fused-ring (bicyclic) bond motifs is 1. The Morgan fingerprint density at radius 3 is 2.56 bits per heavy atom. The Bertz CT molecular complexity index is 1420. The number of hydrogen-bond donors (Lipinski definition) is 1. The number of para-hydroxylation sites is 2. The topological polar surface area (TPSA) is 89.2 Å². The second-order valence-electron chi connectivity index (χ2n) is 7.74. The highest BCUT2D eigenvalue weighted by molar-refractivity contribution is 7.10. The molecule has 7 nitrogen and oxygen atoms in total. The number of Topliss-reactive ketones (excluding diaryl/α,β-unsaturated/α-hetero) is 1. The Morgan fingerprint density at radius 1 is 1.06 bits per heavy atom. The molecule has 0 fully saturated rings. The van der Waals surface area contributed by atoms with Crippen molar-refractivity contribution in [3.8, 4) is 11.5 Å². The molecule has 1 amide bonds. The van der Waals surface area contributed by atoms with Gasteiger partial charge in [0.2, 0.25) is 5.78 Å². The first-order valence-corrected chi connectivity index (χ1v) is 11.4. The smallest absolute Gasteiger partial charge is 0.290 e. The number of rotatable bonds is 7. The lowest BCUT2D eigenvalue weighted by Gasteiger charge is -2.26. The monoisotopic (exact) mass is 475 g/mol. The molecule has 34 heavy (non-hydrogen) atoms. The predicted octanol–water partition coefficient (Wildman–Crippen LogP) is 5.29. The van der Waals surface area contributed by atoms with Gasteiger partial charge in [0.25, 0.3) is 5.91 Å². The molecule has 3 heterocycles. The van der Waals surface area contributed by atoms with Gasteiger partial charge in [-0.2, -0.15) is 0 Å². The lowest BCUT2D eigenvalue weighted by Crippen LogP contribution is -2.30. The van der Waals surface area contributed by atoms with Crippen LogP contribution in [0.15, 0.2) is 81.8 Å². The number of ketones is 1. The van der Waals surface area contributed by atoms with Gasteiger partial charge in [0.05, 0.1) is 26.3 Å². The Labute approximate surface area is 199 Å². The highest BCUT2D eigenvalue weighted by Crippen LogP contribution is 2.43. The van der Waals surface area contributed by atoms with Crippen LogP contribution >= 0.6 is 11.3 Å². The summed E-state index contributed by atoms with van der Waals surface area (Å²) in [6, 6.07) is 17.2. The van der Waals surface area contributed by atoms with Crippen molar-refractivity contribution in [1.29, 1.82) is 0 Å². The van der Waals surface area contributed by atoms with Crippen LogP contribution in [0.5, 0.6) is 11.5 Å². The summed E-state index contributed by atoms with van der Waals surface area (Å²) in [6.45, 7) is 0.153. The minimum atomic E-state index is -0.764. The van der Waals surface area contributed by atoms with E-state index in [1.54, 1.807) is 37.4 Å². The first kappa shape index (κ1) is 21.8. The summed E-state index contributed by atoms with van der Waals surface area (Å²) in [4.78, 5) is 29.1. The van der Waals surface area contributed by atoms with Crippen molar-refractivity contribution in [3.05, 3.63) is 93.6 Å². The molecule has 8 heteroatoms. The minimum Gasteiger partial charge on any atom is -0.503 e. The average molecular weight is 476 g/mol. The molecule has 2 aromatic carbocycles. The summed E-state index contributed by atoms with van der Waals surface area (Å²) in [7, 11) is 3.08. The fraction of sp³-hybridized carbons (Fsp3) is 0.154. The number of benzene rings is 2. The number of hydrogen-bond acceptors (Lipinski definition) is 7. The zero-order valence-electron chi connectivity index (χ0n) is 18.5. The maximum absolute atomic E-state index is 13.6. The molecule has 2 aromatic heterocycles. The van der Waals surface area contributed by atoms with Gasteiger partial charge in [0, 0.05) is 15.8 Å². The standard InChI is InChI=1S/C26H21NO6S/c1-31-17-9-4-3-7-16(17)14-27-22(20-11-6-12-34-20)21(24(29)26(27)30)23(28)19-13-15-8-5-10-18(32-2)25(15)33-19/h3-13,22,29H,14H2,1-2H3. The minimum absolute atomic E-state index is 0.0135. The van der Waals surface area contributed by atoms with Crippen molar-refractivity contribution in [1.82, 2.24) is 4.90 Å². The van der Waals surface area contributed by atoms with E-state index in [1.807, 2.05) is 35.7 Å². The molecule has 0 bridgehead atoms. The van der Waals surface area contributed by atoms with Crippen molar-refractivity contribution < 1.29 is 28.6 Å². The molecule has 0 radical (unpaired) electrons. The molecule has 0 saturated heterocycles. The van der Waals surface area contributed by atoms with E-state index in [-0.39, 0.29) is 17.9 Å². The largest absolute Gasteiger partial charge is 0.503 e. The number of carbonyl (C=O) groups is 2. The molecule has 0 saturated carbocycles. The van der Waals surface area contributed by atoms with E-state index in [9.17, 15) is 14.7 Å².